The van der Waals surface area contributed by atoms with Gasteiger partial charge in [-0.1, -0.05) is 12.0 Å². The fraction of sp³-hybridized carbons (Fsp3) is 0.412. The van der Waals surface area contributed by atoms with Crippen molar-refractivity contribution in [2.24, 2.45) is 0 Å². The second-order valence-electron chi connectivity index (χ2n) is 4.78. The molecule has 0 heterocycles. The van der Waals surface area contributed by atoms with Gasteiger partial charge in [-0.3, -0.25) is 0 Å². The molecular formula is C17H22ClNO4S. The van der Waals surface area contributed by atoms with Gasteiger partial charge < -0.3 is 9.47 Å². The molecule has 0 aliphatic heterocycles. The molecule has 0 aliphatic carbocycles. The Morgan fingerprint density at radius 1 is 1.25 bits per heavy atom. The molecule has 1 aromatic carbocycles. The molecule has 132 valence electrons. The number of alkyl halides is 1. The van der Waals surface area contributed by atoms with Crippen molar-refractivity contribution < 1.29 is 17.9 Å². The van der Waals surface area contributed by atoms with Crippen molar-refractivity contribution in [2.75, 3.05) is 26.6 Å². The molecule has 1 rings (SSSR count). The molecule has 5 nitrogen and oxygen atoms in total. The van der Waals surface area contributed by atoms with Crippen LogP contribution in [0.3, 0.4) is 0 Å². The van der Waals surface area contributed by atoms with E-state index in [0.717, 1.165) is 17.1 Å². The zero-order valence-electron chi connectivity index (χ0n) is 13.9. The molecule has 24 heavy (non-hydrogen) atoms. The number of sulfonamides is 1. The highest BCUT2D eigenvalue weighted by Gasteiger charge is 2.23. The zero-order chi connectivity index (χ0) is 18.0. The number of rotatable bonds is 9. The Balaban J connectivity index is 3.10. The summed E-state index contributed by atoms with van der Waals surface area (Å²) < 4.78 is 36.9. The molecule has 0 saturated carbocycles. The molecule has 0 N–H and O–H groups in total. The molecule has 0 radical (unpaired) electrons. The normalized spacial score (nSPS) is 10.5. The fourth-order valence-corrected chi connectivity index (χ4v) is 3.30. The standard InChI is InChI=1S/C17H22ClNO4S/c1-4-12-19(13-8-6-5-7-11-18)24(20,21)15-9-10-16(22-2)17(14-15)23-3/h4,9-10,14H,1,5-7,11-12H2,2-3H3. The van der Waals surface area contributed by atoms with Crippen molar-refractivity contribution in [3.05, 3.63) is 30.9 Å². The van der Waals surface area contributed by atoms with Gasteiger partial charge >= 0.3 is 0 Å². The number of halogens is 1. The minimum atomic E-state index is -3.79. The highest BCUT2D eigenvalue weighted by Crippen LogP contribution is 2.30. The molecule has 1 aromatic rings. The van der Waals surface area contributed by atoms with E-state index < -0.39 is 10.0 Å². The van der Waals surface area contributed by atoms with E-state index >= 15 is 0 Å². The number of benzene rings is 1. The molecular weight excluding hydrogens is 350 g/mol. The predicted molar refractivity (Wildman–Crippen MR) is 96.0 cm³/mol. The van der Waals surface area contributed by atoms with E-state index in [4.69, 9.17) is 21.1 Å². The Kier molecular flexibility index (Phi) is 8.51. The van der Waals surface area contributed by atoms with Crippen molar-refractivity contribution in [2.45, 2.75) is 24.2 Å². The summed E-state index contributed by atoms with van der Waals surface area (Å²) in [5.41, 5.74) is 0. The molecule has 0 fully saturated rings. The van der Waals surface area contributed by atoms with Crippen LogP contribution in [0.1, 0.15) is 19.3 Å². The summed E-state index contributed by atoms with van der Waals surface area (Å²) >= 11 is 5.61. The van der Waals surface area contributed by atoms with Crippen LogP contribution >= 0.6 is 11.6 Å². The first-order valence-electron chi connectivity index (χ1n) is 7.41. The van der Waals surface area contributed by atoms with Gasteiger partial charge in [0.2, 0.25) is 0 Å². The monoisotopic (exact) mass is 371 g/mol. The molecule has 0 unspecified atom stereocenters. The van der Waals surface area contributed by atoms with Crippen molar-refractivity contribution in [1.82, 2.24) is 4.31 Å². The van der Waals surface area contributed by atoms with Gasteiger partial charge in [-0.25, -0.2) is 12.7 Å². The lowest BCUT2D eigenvalue weighted by molar-refractivity contribution is 0.353. The number of unbranched alkanes of at least 4 members (excludes halogenated alkanes) is 2. The lowest BCUT2D eigenvalue weighted by Gasteiger charge is -2.17. The molecule has 0 amide bonds. The summed E-state index contributed by atoms with van der Waals surface area (Å²) in [7, 11) is -0.847. The van der Waals surface area contributed by atoms with Gasteiger partial charge in [0, 0.05) is 24.4 Å². The highest BCUT2D eigenvalue weighted by atomic mass is 35.5. The van der Waals surface area contributed by atoms with Gasteiger partial charge in [-0.05, 0) is 25.0 Å². The third kappa shape index (κ3) is 5.36. The Bertz CT molecular complexity index is 707. The minimum absolute atomic E-state index is 0.0806. The summed E-state index contributed by atoms with van der Waals surface area (Å²) in [6.45, 7) is 3.69. The summed E-state index contributed by atoms with van der Waals surface area (Å²) in [6, 6.07) is 7.12. The Morgan fingerprint density at radius 2 is 1.96 bits per heavy atom. The first kappa shape index (κ1) is 20.2. The Labute approximate surface area is 149 Å². The fourth-order valence-electron chi connectivity index (χ4n) is 1.88. The zero-order valence-corrected chi connectivity index (χ0v) is 15.5. The van der Waals surface area contributed by atoms with E-state index in [1.165, 1.54) is 32.4 Å². The second kappa shape index (κ2) is 10.1. The predicted octanol–water partition coefficient (Wildman–Crippen LogP) is 3.25. The number of hydrogen-bond donors (Lipinski definition) is 0. The molecule has 0 spiro atoms. The lowest BCUT2D eigenvalue weighted by Crippen LogP contribution is -2.26. The number of methoxy groups -OCH3 is 2. The van der Waals surface area contributed by atoms with E-state index in [1.54, 1.807) is 6.07 Å². The van der Waals surface area contributed by atoms with Crippen LogP contribution in [0, 0.1) is 12.0 Å². The first-order chi connectivity index (χ1) is 11.5. The Morgan fingerprint density at radius 3 is 2.54 bits per heavy atom. The maximum atomic E-state index is 12.8. The Hall–Kier alpha value is -1.84. The smallest absolute Gasteiger partial charge is 0.271 e. The van der Waals surface area contributed by atoms with Gasteiger partial charge in [-0.15, -0.1) is 18.2 Å². The quantitative estimate of drug-likeness (QED) is 0.220. The average molecular weight is 372 g/mol. The van der Waals surface area contributed by atoms with Gasteiger partial charge in [-0.2, -0.15) is 0 Å². The van der Waals surface area contributed by atoms with Gasteiger partial charge in [0.15, 0.2) is 11.5 Å². The van der Waals surface area contributed by atoms with Crippen LogP contribution < -0.4 is 9.47 Å². The van der Waals surface area contributed by atoms with E-state index in [-0.39, 0.29) is 11.4 Å². The van der Waals surface area contributed by atoms with Crippen LogP contribution in [0.4, 0.5) is 0 Å². The van der Waals surface area contributed by atoms with E-state index in [0.29, 0.717) is 23.8 Å². The molecule has 0 atom stereocenters. The highest BCUT2D eigenvalue weighted by molar-refractivity contribution is 7.89. The molecule has 0 aliphatic rings. The summed E-state index contributed by atoms with van der Waals surface area (Å²) in [5.74, 6) is 4.24. The van der Waals surface area contributed by atoms with Gasteiger partial charge in [0.1, 0.15) is 0 Å². The van der Waals surface area contributed by atoms with Crippen molar-refractivity contribution in [1.29, 1.82) is 0 Å². The van der Waals surface area contributed by atoms with Crippen LogP contribution in [0.25, 0.3) is 0 Å². The van der Waals surface area contributed by atoms with E-state index in [1.807, 2.05) is 0 Å². The number of nitrogens with zero attached hydrogens (tertiary/aromatic N) is 1. The van der Waals surface area contributed by atoms with Crippen molar-refractivity contribution in [3.8, 4) is 23.5 Å². The second-order valence-corrected chi connectivity index (χ2v) is 7.02. The largest absolute Gasteiger partial charge is 0.493 e. The lowest BCUT2D eigenvalue weighted by atomic mass is 10.3. The minimum Gasteiger partial charge on any atom is -0.493 e. The molecule has 7 heteroatoms. The molecule has 0 aromatic heterocycles. The van der Waals surface area contributed by atoms with Crippen molar-refractivity contribution in [3.63, 3.8) is 0 Å². The summed E-state index contributed by atoms with van der Waals surface area (Å²) in [4.78, 5) is 0.0806. The van der Waals surface area contributed by atoms with Crippen LogP contribution in [-0.4, -0.2) is 39.4 Å². The SMILES string of the molecule is C=CCN(C#CCCCCCl)S(=O)(=O)c1ccc(OC)c(OC)c1. The van der Waals surface area contributed by atoms with E-state index in [9.17, 15) is 8.42 Å². The number of hydrogen-bond acceptors (Lipinski definition) is 4. The number of ether oxygens (including phenoxy) is 2. The van der Waals surface area contributed by atoms with Gasteiger partial charge in [0.05, 0.1) is 25.7 Å². The van der Waals surface area contributed by atoms with E-state index in [2.05, 4.69) is 18.5 Å². The summed E-state index contributed by atoms with van der Waals surface area (Å²) in [5, 5.41) is 0. The topological polar surface area (TPSA) is 55.8 Å². The van der Waals surface area contributed by atoms with Crippen LogP contribution in [-0.2, 0) is 10.0 Å². The average Bonchev–Trinajstić information content (AvgIpc) is 2.59. The van der Waals surface area contributed by atoms with Gasteiger partial charge in [0.25, 0.3) is 10.0 Å². The maximum Gasteiger partial charge on any atom is 0.271 e. The summed E-state index contributed by atoms with van der Waals surface area (Å²) in [6.07, 6.45) is 3.75. The molecule has 0 bridgehead atoms. The maximum absolute atomic E-state index is 12.8. The molecule has 0 saturated heterocycles. The van der Waals surface area contributed by atoms with Crippen LogP contribution in [0.2, 0.25) is 0 Å². The van der Waals surface area contributed by atoms with Crippen LogP contribution in [0.5, 0.6) is 11.5 Å². The van der Waals surface area contributed by atoms with Crippen LogP contribution in [0.15, 0.2) is 35.7 Å². The third-order valence-electron chi connectivity index (χ3n) is 3.13. The first-order valence-corrected chi connectivity index (χ1v) is 9.38. The van der Waals surface area contributed by atoms with Crippen molar-refractivity contribution >= 4 is 21.6 Å². The third-order valence-corrected chi connectivity index (χ3v) is 5.06.